The van der Waals surface area contributed by atoms with Crippen LogP contribution in [0.15, 0.2) is 24.3 Å². The van der Waals surface area contributed by atoms with Gasteiger partial charge in [-0.15, -0.1) is 0 Å². The Bertz CT molecular complexity index is 1750. The summed E-state index contributed by atoms with van der Waals surface area (Å²) in [6.07, 6.45) is 1.51. The van der Waals surface area contributed by atoms with Crippen LogP contribution in [0.25, 0.3) is 0 Å². The van der Waals surface area contributed by atoms with Crippen LogP contribution in [0, 0.1) is 39.4 Å². The van der Waals surface area contributed by atoms with Crippen molar-refractivity contribution in [1.82, 2.24) is 9.58 Å². The van der Waals surface area contributed by atoms with Crippen molar-refractivity contribution in [3.8, 4) is 11.9 Å². The number of rotatable bonds is 10. The molecular weight excluding hydrogens is 690 g/mol. The highest BCUT2D eigenvalue weighted by Crippen LogP contribution is 2.67. The largest absolute Gasteiger partial charge is 0.478 e. The lowest BCUT2D eigenvalue weighted by Gasteiger charge is -2.64. The van der Waals surface area contributed by atoms with Crippen molar-refractivity contribution in [2.24, 2.45) is 28.1 Å². The van der Waals surface area contributed by atoms with E-state index >= 15 is 0 Å². The number of nitrogens with zero attached hydrogens (tertiary/aromatic N) is 3. The first-order valence-corrected chi connectivity index (χ1v) is 18.9. The van der Waals surface area contributed by atoms with Gasteiger partial charge in [0.2, 0.25) is 5.88 Å². The molecule has 1 saturated carbocycles. The van der Waals surface area contributed by atoms with Crippen molar-refractivity contribution >= 4 is 29.8 Å². The number of fused-ring (bicyclic) bond motifs is 1. The smallest absolute Gasteiger partial charge is 0.417 e. The molecule has 1 aromatic heterocycles. The number of carboxylic acid groups (broad SMARTS) is 1. The van der Waals surface area contributed by atoms with Crippen LogP contribution >= 0.6 is 0 Å². The summed E-state index contributed by atoms with van der Waals surface area (Å²) in [5.41, 5.74) is 2.66. The van der Waals surface area contributed by atoms with Crippen LogP contribution in [0.1, 0.15) is 129 Å². The minimum atomic E-state index is -1.41. The van der Waals surface area contributed by atoms with Crippen molar-refractivity contribution in [3.05, 3.63) is 46.5 Å². The highest BCUT2D eigenvalue weighted by Gasteiger charge is 2.65. The maximum Gasteiger partial charge on any atom is 0.417 e. The van der Waals surface area contributed by atoms with Gasteiger partial charge in [-0.1, -0.05) is 99.9 Å². The third-order valence-electron chi connectivity index (χ3n) is 11.4. The minimum absolute atomic E-state index is 0.0344. The van der Waals surface area contributed by atoms with Crippen LogP contribution in [0.5, 0.6) is 5.88 Å². The van der Waals surface area contributed by atoms with E-state index in [1.807, 2.05) is 6.07 Å². The molecule has 4 rings (SSSR count). The van der Waals surface area contributed by atoms with Gasteiger partial charge in [0.05, 0.1) is 13.2 Å². The number of anilines is 1. The van der Waals surface area contributed by atoms with Crippen LogP contribution in [0.2, 0.25) is 0 Å². The first-order chi connectivity index (χ1) is 25.0. The molecule has 1 aliphatic heterocycles. The molecule has 1 amide bonds. The number of hydrogen-bond donors (Lipinski definition) is 3. The van der Waals surface area contributed by atoms with Crippen LogP contribution in [-0.4, -0.2) is 65.0 Å². The molecule has 1 aromatic carbocycles. The number of aromatic carboxylic acids is 1. The molecule has 54 heavy (non-hydrogen) atoms. The number of amides is 1. The van der Waals surface area contributed by atoms with Crippen LogP contribution in [0.3, 0.4) is 0 Å². The molecule has 13 heteroatoms. The van der Waals surface area contributed by atoms with Crippen molar-refractivity contribution in [2.75, 3.05) is 37.0 Å². The van der Waals surface area contributed by atoms with E-state index in [-0.39, 0.29) is 52.2 Å². The Kier molecular flexibility index (Phi) is 11.8. The summed E-state index contributed by atoms with van der Waals surface area (Å²) in [5.74, 6) is -3.20. The van der Waals surface area contributed by atoms with Crippen LogP contribution in [-0.2, 0) is 30.1 Å². The van der Waals surface area contributed by atoms with E-state index < -0.39 is 54.2 Å². The molecule has 296 valence electrons. The number of carboxylic acids is 1. The van der Waals surface area contributed by atoms with Crippen molar-refractivity contribution in [2.45, 2.75) is 113 Å². The molecule has 0 saturated heterocycles. The molecular formula is C41H59N5O8. The van der Waals surface area contributed by atoms with Crippen LogP contribution in [0.4, 0.5) is 10.6 Å². The lowest BCUT2D eigenvalue weighted by atomic mass is 9.42. The molecule has 3 atom stereocenters. The van der Waals surface area contributed by atoms with Gasteiger partial charge in [0.25, 0.3) is 0 Å². The number of nitriles is 1. The average Bonchev–Trinajstić information content (AvgIpc) is 3.57. The third kappa shape index (κ3) is 7.62. The van der Waals surface area contributed by atoms with Gasteiger partial charge in [0.15, 0.2) is 5.66 Å². The summed E-state index contributed by atoms with van der Waals surface area (Å²) in [4.78, 5) is 52.8. The molecule has 2 heterocycles. The maximum atomic E-state index is 13.9. The number of esters is 2. The predicted molar refractivity (Wildman–Crippen MR) is 205 cm³/mol. The van der Waals surface area contributed by atoms with Crippen molar-refractivity contribution in [3.63, 3.8) is 0 Å². The highest BCUT2D eigenvalue weighted by molar-refractivity contribution is 5.99. The fourth-order valence-corrected chi connectivity index (χ4v) is 9.20. The summed E-state index contributed by atoms with van der Waals surface area (Å²) < 4.78 is 17.3. The lowest BCUT2D eigenvalue weighted by Crippen LogP contribution is -2.63. The van der Waals surface area contributed by atoms with Gasteiger partial charge in [-0.2, -0.15) is 5.26 Å². The Morgan fingerprint density at radius 2 is 1.48 bits per heavy atom. The number of nitrogens with one attached hydrogen (secondary N) is 2. The molecule has 2 aromatic rings. The fourth-order valence-electron chi connectivity index (χ4n) is 9.20. The Morgan fingerprint density at radius 3 is 1.93 bits per heavy atom. The zero-order valence-electron chi connectivity index (χ0n) is 34.1. The second kappa shape index (κ2) is 15.2. The number of ether oxygens (including phenoxy) is 3. The summed E-state index contributed by atoms with van der Waals surface area (Å²) in [6.45, 7) is 24.2. The molecule has 1 fully saturated rings. The minimum Gasteiger partial charge on any atom is -0.478 e. The first kappa shape index (κ1) is 42.0. The van der Waals surface area contributed by atoms with E-state index in [2.05, 4.69) is 104 Å². The molecule has 3 N–H and O–H groups in total. The van der Waals surface area contributed by atoms with E-state index in [1.165, 1.54) is 4.68 Å². The van der Waals surface area contributed by atoms with E-state index in [0.29, 0.717) is 5.92 Å². The molecule has 13 nitrogen and oxygen atoms in total. The number of carbonyl (C=O) groups is 4. The molecule has 2 aliphatic rings. The average molecular weight is 750 g/mol. The fraction of sp³-hybridized carbons (Fsp3) is 0.634. The number of benzene rings is 1. The zero-order valence-corrected chi connectivity index (χ0v) is 34.1. The molecule has 0 bridgehead atoms. The Hall–Kier alpha value is -4.73. The summed E-state index contributed by atoms with van der Waals surface area (Å²) in [7, 11) is 0. The van der Waals surface area contributed by atoms with Gasteiger partial charge in [-0.25, -0.2) is 14.3 Å². The highest BCUT2D eigenvalue weighted by atomic mass is 16.6. The van der Waals surface area contributed by atoms with Crippen molar-refractivity contribution < 1.29 is 38.5 Å². The standard InChI is InChI=1S/C41H59N5O8/c1-13-52-30(47)23-45(24-31(48)53-14-2)36(51)54-34-28(22-42)32(35(49)50)33-43-41(44-46(33)34,27-17-15-26(16-18-27)37(4,5)6)29-21-25(3)19-20-40(29,38(7,8)9)39(10,11)12/h15-18,25,29,43-44H,13-14,19-21,23-24H2,1-12H3,(H,49,50). The quantitative estimate of drug-likeness (QED) is 0.204. The van der Waals surface area contributed by atoms with E-state index in [4.69, 9.17) is 14.2 Å². The first-order valence-electron chi connectivity index (χ1n) is 18.9. The summed E-state index contributed by atoms with van der Waals surface area (Å²) in [6, 6.07) is 10.2. The van der Waals surface area contributed by atoms with Gasteiger partial charge in [0, 0.05) is 5.92 Å². The van der Waals surface area contributed by atoms with Crippen LogP contribution < -0.4 is 15.5 Å². The van der Waals surface area contributed by atoms with Gasteiger partial charge in [0.1, 0.15) is 36.1 Å². The Balaban J connectivity index is 2.00. The number of aromatic nitrogens is 1. The molecule has 0 radical (unpaired) electrons. The van der Waals surface area contributed by atoms with E-state index in [1.54, 1.807) is 13.8 Å². The third-order valence-corrected chi connectivity index (χ3v) is 11.4. The summed E-state index contributed by atoms with van der Waals surface area (Å²) in [5, 5.41) is 24.7. The molecule has 1 aliphatic carbocycles. The van der Waals surface area contributed by atoms with Gasteiger partial charge >= 0.3 is 24.0 Å². The monoisotopic (exact) mass is 749 g/mol. The zero-order chi connectivity index (χ0) is 40.6. The number of hydrogen-bond acceptors (Lipinski definition) is 10. The Labute approximate surface area is 319 Å². The Morgan fingerprint density at radius 1 is 0.944 bits per heavy atom. The molecule has 0 spiro atoms. The van der Waals surface area contributed by atoms with E-state index in [0.717, 1.165) is 35.3 Å². The maximum absolute atomic E-state index is 13.9. The van der Waals surface area contributed by atoms with Crippen molar-refractivity contribution in [1.29, 1.82) is 5.26 Å². The second-order valence-corrected chi connectivity index (χ2v) is 17.8. The van der Waals surface area contributed by atoms with Gasteiger partial charge < -0.3 is 24.6 Å². The normalized spacial score (nSPS) is 20.8. The topological polar surface area (TPSA) is 172 Å². The number of carbonyl (C=O) groups excluding carboxylic acids is 3. The van der Waals surface area contributed by atoms with E-state index in [9.17, 15) is 29.5 Å². The van der Waals surface area contributed by atoms with Gasteiger partial charge in [-0.3, -0.25) is 19.9 Å². The second-order valence-electron chi connectivity index (χ2n) is 17.8. The summed E-state index contributed by atoms with van der Waals surface area (Å²) >= 11 is 0. The predicted octanol–water partition coefficient (Wildman–Crippen LogP) is 7.62. The lowest BCUT2D eigenvalue weighted by molar-refractivity contribution is -0.147. The van der Waals surface area contributed by atoms with Gasteiger partial charge in [-0.05, 0) is 65.4 Å². The molecule has 3 unspecified atom stereocenters. The SMILES string of the molecule is CCOC(=O)CN(CC(=O)OCC)C(=O)Oc1c(C#N)c(C(=O)O)c2n1NC(c1ccc(C(C)(C)C)cc1)(C1CC(C)CCC1(C(C)(C)C)C(C)(C)C)N2.